The van der Waals surface area contributed by atoms with Gasteiger partial charge in [-0.05, 0) is 38.0 Å². The summed E-state index contributed by atoms with van der Waals surface area (Å²) in [6.07, 6.45) is 3.83. The van der Waals surface area contributed by atoms with Crippen molar-refractivity contribution in [2.24, 2.45) is 5.73 Å². The predicted molar refractivity (Wildman–Crippen MR) is 85.0 cm³/mol. The molecule has 0 spiro atoms. The Balaban J connectivity index is 2.14. The summed E-state index contributed by atoms with van der Waals surface area (Å²) in [6.45, 7) is 2.12. The summed E-state index contributed by atoms with van der Waals surface area (Å²) in [5.41, 5.74) is 5.78. The predicted octanol–water partition coefficient (Wildman–Crippen LogP) is 0.984. The quantitative estimate of drug-likeness (QED) is 0.726. The van der Waals surface area contributed by atoms with Gasteiger partial charge in [0, 0.05) is 24.2 Å². The summed E-state index contributed by atoms with van der Waals surface area (Å²) >= 11 is 0. The number of carbonyl (C=O) groups is 1. The number of sulfonamides is 1. The Hall–Kier alpha value is -1.44. The highest BCUT2D eigenvalue weighted by molar-refractivity contribution is 7.89. The fourth-order valence-electron chi connectivity index (χ4n) is 2.50. The average molecular weight is 325 g/mol. The van der Waals surface area contributed by atoms with Crippen LogP contribution < -0.4 is 15.8 Å². The number of nitrogens with one attached hydrogen (secondary N) is 2. The average Bonchev–Trinajstić information content (AvgIpc) is 2.99. The van der Waals surface area contributed by atoms with E-state index in [1.165, 1.54) is 12.1 Å². The Morgan fingerprint density at radius 1 is 1.36 bits per heavy atom. The van der Waals surface area contributed by atoms with E-state index in [-0.39, 0.29) is 22.9 Å². The summed E-state index contributed by atoms with van der Waals surface area (Å²) in [6, 6.07) is 5.90. The van der Waals surface area contributed by atoms with Crippen LogP contribution in [0.2, 0.25) is 0 Å². The van der Waals surface area contributed by atoms with Gasteiger partial charge in [0.1, 0.15) is 0 Å². The van der Waals surface area contributed by atoms with E-state index in [1.54, 1.807) is 19.1 Å². The Labute approximate surface area is 131 Å². The Kier molecular flexibility index (Phi) is 5.55. The van der Waals surface area contributed by atoms with Crippen LogP contribution in [0.3, 0.4) is 0 Å². The lowest BCUT2D eigenvalue weighted by atomic mass is 10.2. The third-order valence-electron chi connectivity index (χ3n) is 3.81. The van der Waals surface area contributed by atoms with Crippen LogP contribution in [-0.2, 0) is 10.0 Å². The minimum atomic E-state index is -3.59. The van der Waals surface area contributed by atoms with Crippen molar-refractivity contribution in [3.8, 4) is 0 Å². The van der Waals surface area contributed by atoms with Gasteiger partial charge in [0.2, 0.25) is 10.0 Å². The highest BCUT2D eigenvalue weighted by Crippen LogP contribution is 2.20. The molecule has 1 aliphatic carbocycles. The van der Waals surface area contributed by atoms with Gasteiger partial charge in [-0.25, -0.2) is 13.1 Å². The van der Waals surface area contributed by atoms with Crippen LogP contribution >= 0.6 is 0 Å². The lowest BCUT2D eigenvalue weighted by molar-refractivity contribution is 0.0941. The second-order valence-corrected chi connectivity index (χ2v) is 7.45. The van der Waals surface area contributed by atoms with Gasteiger partial charge in [0.05, 0.1) is 4.90 Å². The molecule has 122 valence electrons. The number of benzene rings is 1. The maximum atomic E-state index is 12.4. The molecule has 1 aliphatic rings. The molecule has 1 aromatic rings. The molecule has 1 amide bonds. The maximum absolute atomic E-state index is 12.4. The van der Waals surface area contributed by atoms with E-state index in [2.05, 4.69) is 10.0 Å². The molecule has 0 heterocycles. The molecule has 1 saturated carbocycles. The van der Waals surface area contributed by atoms with Crippen molar-refractivity contribution in [3.63, 3.8) is 0 Å². The SMILES string of the molecule is C[C@@H](CN)NC(=O)c1cccc(S(=O)(=O)NC2CCCC2)c1. The van der Waals surface area contributed by atoms with Crippen LogP contribution in [0.1, 0.15) is 43.0 Å². The lowest BCUT2D eigenvalue weighted by Gasteiger charge is -2.14. The Morgan fingerprint density at radius 3 is 2.68 bits per heavy atom. The van der Waals surface area contributed by atoms with Crippen molar-refractivity contribution < 1.29 is 13.2 Å². The highest BCUT2D eigenvalue weighted by Gasteiger charge is 2.23. The van der Waals surface area contributed by atoms with Crippen LogP contribution in [0.15, 0.2) is 29.2 Å². The molecule has 7 heteroatoms. The molecule has 1 atom stereocenters. The number of amides is 1. The third-order valence-corrected chi connectivity index (χ3v) is 5.33. The summed E-state index contributed by atoms with van der Waals surface area (Å²) in [5, 5.41) is 2.72. The van der Waals surface area contributed by atoms with Crippen LogP contribution in [0.4, 0.5) is 0 Å². The van der Waals surface area contributed by atoms with Crippen LogP contribution in [-0.4, -0.2) is 33.0 Å². The third kappa shape index (κ3) is 4.28. The van der Waals surface area contributed by atoms with Crippen molar-refractivity contribution in [1.29, 1.82) is 0 Å². The summed E-state index contributed by atoms with van der Waals surface area (Å²) in [5.74, 6) is -0.323. The minimum Gasteiger partial charge on any atom is -0.348 e. The number of nitrogens with two attached hydrogens (primary N) is 1. The molecule has 1 fully saturated rings. The number of hydrogen-bond acceptors (Lipinski definition) is 4. The first-order valence-corrected chi connectivity index (χ1v) is 9.04. The minimum absolute atomic E-state index is 0.000236. The molecular formula is C15H23N3O3S. The van der Waals surface area contributed by atoms with Gasteiger partial charge in [-0.3, -0.25) is 4.79 Å². The zero-order valence-electron chi connectivity index (χ0n) is 12.7. The smallest absolute Gasteiger partial charge is 0.251 e. The molecule has 22 heavy (non-hydrogen) atoms. The molecule has 0 saturated heterocycles. The topological polar surface area (TPSA) is 101 Å². The summed E-state index contributed by atoms with van der Waals surface area (Å²) in [4.78, 5) is 12.2. The molecule has 1 aromatic carbocycles. The largest absolute Gasteiger partial charge is 0.348 e. The first-order valence-electron chi connectivity index (χ1n) is 7.55. The normalized spacial score (nSPS) is 17.4. The first kappa shape index (κ1) is 16.9. The monoisotopic (exact) mass is 325 g/mol. The van der Waals surface area contributed by atoms with Gasteiger partial charge in [-0.15, -0.1) is 0 Å². The lowest BCUT2D eigenvalue weighted by Crippen LogP contribution is -2.38. The second kappa shape index (κ2) is 7.21. The van der Waals surface area contributed by atoms with Gasteiger partial charge in [0.25, 0.3) is 5.91 Å². The second-order valence-electron chi connectivity index (χ2n) is 5.74. The number of hydrogen-bond donors (Lipinski definition) is 3. The molecule has 2 rings (SSSR count). The molecule has 0 radical (unpaired) electrons. The van der Waals surface area contributed by atoms with E-state index in [9.17, 15) is 13.2 Å². The van der Waals surface area contributed by atoms with Crippen molar-refractivity contribution in [2.45, 2.75) is 49.6 Å². The molecule has 0 aliphatic heterocycles. The molecule has 4 N–H and O–H groups in total. The van der Waals surface area contributed by atoms with E-state index >= 15 is 0 Å². The first-order chi connectivity index (χ1) is 10.4. The van der Waals surface area contributed by atoms with Crippen molar-refractivity contribution >= 4 is 15.9 Å². The van der Waals surface area contributed by atoms with E-state index in [1.807, 2.05) is 0 Å². The Morgan fingerprint density at radius 2 is 2.05 bits per heavy atom. The van der Waals surface area contributed by atoms with E-state index in [0.717, 1.165) is 25.7 Å². The van der Waals surface area contributed by atoms with Gasteiger partial charge in [0.15, 0.2) is 0 Å². The van der Waals surface area contributed by atoms with E-state index in [4.69, 9.17) is 5.73 Å². The molecule has 0 aromatic heterocycles. The number of rotatable bonds is 6. The summed E-state index contributed by atoms with van der Waals surface area (Å²) in [7, 11) is -3.59. The fourth-order valence-corrected chi connectivity index (χ4v) is 3.85. The number of carbonyl (C=O) groups excluding carboxylic acids is 1. The van der Waals surface area contributed by atoms with Gasteiger partial charge < -0.3 is 11.1 Å². The fraction of sp³-hybridized carbons (Fsp3) is 0.533. The molecule has 0 unspecified atom stereocenters. The van der Waals surface area contributed by atoms with Gasteiger partial charge in [-0.2, -0.15) is 0 Å². The van der Waals surface area contributed by atoms with Crippen LogP contribution in [0.5, 0.6) is 0 Å². The zero-order chi connectivity index (χ0) is 16.2. The van der Waals surface area contributed by atoms with Gasteiger partial charge >= 0.3 is 0 Å². The van der Waals surface area contributed by atoms with Gasteiger partial charge in [-0.1, -0.05) is 18.9 Å². The van der Waals surface area contributed by atoms with E-state index in [0.29, 0.717) is 12.1 Å². The molecule has 0 bridgehead atoms. The zero-order valence-corrected chi connectivity index (χ0v) is 13.5. The maximum Gasteiger partial charge on any atom is 0.251 e. The summed E-state index contributed by atoms with van der Waals surface area (Å²) < 4.78 is 27.5. The Bertz CT molecular complexity index is 625. The molecule has 6 nitrogen and oxygen atoms in total. The van der Waals surface area contributed by atoms with Crippen LogP contribution in [0, 0.1) is 0 Å². The van der Waals surface area contributed by atoms with Crippen molar-refractivity contribution in [2.75, 3.05) is 6.54 Å². The highest BCUT2D eigenvalue weighted by atomic mass is 32.2. The van der Waals surface area contributed by atoms with Crippen LogP contribution in [0.25, 0.3) is 0 Å². The molecular weight excluding hydrogens is 302 g/mol. The standard InChI is InChI=1S/C15H23N3O3S/c1-11(10-16)17-15(19)12-5-4-8-14(9-12)22(20,21)18-13-6-2-3-7-13/h4-5,8-9,11,13,18H,2-3,6-7,10,16H2,1H3,(H,17,19)/t11-/m0/s1. The van der Waals surface area contributed by atoms with Crippen molar-refractivity contribution in [1.82, 2.24) is 10.0 Å². The van der Waals surface area contributed by atoms with E-state index < -0.39 is 10.0 Å². The van der Waals surface area contributed by atoms with Crippen molar-refractivity contribution in [3.05, 3.63) is 29.8 Å².